The number of nitrogens with one attached hydrogen (secondary N) is 1. The summed E-state index contributed by atoms with van der Waals surface area (Å²) in [6.45, 7) is 6.22. The largest absolute Gasteiger partial charge is 0.465 e. The molecule has 1 N–H and O–H groups in total. The van der Waals surface area contributed by atoms with Gasteiger partial charge < -0.3 is 19.5 Å². The molecule has 5 rings (SSSR count). The first kappa shape index (κ1) is 24.4. The Balaban J connectivity index is 1.64. The van der Waals surface area contributed by atoms with Gasteiger partial charge in [-0.15, -0.1) is 0 Å². The summed E-state index contributed by atoms with van der Waals surface area (Å²) >= 11 is 0. The number of amides is 2. The van der Waals surface area contributed by atoms with Crippen LogP contribution >= 0.6 is 0 Å². The molecule has 0 fully saturated rings. The van der Waals surface area contributed by atoms with Crippen LogP contribution in [-0.4, -0.2) is 44.4 Å². The van der Waals surface area contributed by atoms with E-state index in [-0.39, 0.29) is 25.2 Å². The van der Waals surface area contributed by atoms with E-state index in [0.717, 1.165) is 40.4 Å². The number of carbonyl (C=O) groups is 2. The zero-order valence-corrected chi connectivity index (χ0v) is 21.3. The van der Waals surface area contributed by atoms with Crippen molar-refractivity contribution in [1.29, 1.82) is 0 Å². The lowest BCUT2D eigenvalue weighted by Gasteiger charge is -2.31. The minimum atomic E-state index is -0.466. The Kier molecular flexibility index (Phi) is 6.81. The lowest BCUT2D eigenvalue weighted by molar-refractivity contribution is -0.141. The van der Waals surface area contributed by atoms with Crippen LogP contribution in [0.2, 0.25) is 0 Å². The number of rotatable bonds is 6. The maximum Gasteiger partial charge on any atom is 0.325 e. The van der Waals surface area contributed by atoms with E-state index in [9.17, 15) is 9.59 Å². The van der Waals surface area contributed by atoms with Gasteiger partial charge in [-0.2, -0.15) is 5.10 Å². The van der Waals surface area contributed by atoms with Crippen molar-refractivity contribution in [3.05, 3.63) is 101 Å². The Labute approximate surface area is 216 Å². The van der Waals surface area contributed by atoms with Crippen molar-refractivity contribution < 1.29 is 14.3 Å². The SMILES string of the molecule is CCOC(=O)CNC(=O)N1Cc2c(C)nn(-c3ccccc3)c2-n2cccc2C1c1ccc(CC)cc1. The summed E-state index contributed by atoms with van der Waals surface area (Å²) in [5.41, 5.74) is 5.88. The van der Waals surface area contributed by atoms with Gasteiger partial charge >= 0.3 is 12.0 Å². The van der Waals surface area contributed by atoms with Crippen LogP contribution in [-0.2, 0) is 22.5 Å². The molecule has 37 heavy (non-hydrogen) atoms. The topological polar surface area (TPSA) is 81.4 Å². The molecule has 1 aliphatic rings. The van der Waals surface area contributed by atoms with Crippen molar-refractivity contribution in [2.45, 2.75) is 39.8 Å². The molecule has 0 aliphatic carbocycles. The molecule has 8 nitrogen and oxygen atoms in total. The van der Waals surface area contributed by atoms with E-state index in [1.54, 1.807) is 11.8 Å². The number of ether oxygens (including phenoxy) is 1. The number of urea groups is 1. The third-order valence-electron chi connectivity index (χ3n) is 6.74. The summed E-state index contributed by atoms with van der Waals surface area (Å²) in [4.78, 5) is 27.5. The summed E-state index contributed by atoms with van der Waals surface area (Å²) in [7, 11) is 0. The van der Waals surface area contributed by atoms with Gasteiger partial charge in [0.2, 0.25) is 0 Å². The van der Waals surface area contributed by atoms with E-state index in [1.807, 2.05) is 60.3 Å². The average Bonchev–Trinajstić information content (AvgIpc) is 3.48. The number of hydrogen-bond acceptors (Lipinski definition) is 4. The van der Waals surface area contributed by atoms with Gasteiger partial charge in [0.15, 0.2) is 0 Å². The van der Waals surface area contributed by atoms with Gasteiger partial charge in [-0.1, -0.05) is 49.4 Å². The normalized spacial score (nSPS) is 14.5. The van der Waals surface area contributed by atoms with Crippen LogP contribution in [0.5, 0.6) is 0 Å². The third-order valence-corrected chi connectivity index (χ3v) is 6.74. The molecule has 8 heteroatoms. The predicted octanol–water partition coefficient (Wildman–Crippen LogP) is 4.71. The monoisotopic (exact) mass is 497 g/mol. The van der Waals surface area contributed by atoms with Crippen LogP contribution < -0.4 is 5.32 Å². The van der Waals surface area contributed by atoms with Crippen molar-refractivity contribution in [3.8, 4) is 11.5 Å². The zero-order chi connectivity index (χ0) is 25.9. The highest BCUT2D eigenvalue weighted by molar-refractivity contribution is 5.81. The third kappa shape index (κ3) is 4.62. The van der Waals surface area contributed by atoms with E-state index < -0.39 is 5.97 Å². The van der Waals surface area contributed by atoms with Crippen molar-refractivity contribution in [1.82, 2.24) is 24.6 Å². The highest BCUT2D eigenvalue weighted by Gasteiger charge is 2.36. The molecule has 2 aromatic heterocycles. The second-order valence-electron chi connectivity index (χ2n) is 9.03. The number of benzene rings is 2. The smallest absolute Gasteiger partial charge is 0.325 e. The first-order valence-electron chi connectivity index (χ1n) is 12.6. The molecule has 0 radical (unpaired) electrons. The minimum absolute atomic E-state index is 0.194. The van der Waals surface area contributed by atoms with Gasteiger partial charge in [-0.3, -0.25) is 4.79 Å². The second kappa shape index (κ2) is 10.3. The van der Waals surface area contributed by atoms with Gasteiger partial charge in [0.05, 0.1) is 36.3 Å². The number of nitrogens with zero attached hydrogens (tertiary/aromatic N) is 4. The van der Waals surface area contributed by atoms with E-state index in [4.69, 9.17) is 9.84 Å². The van der Waals surface area contributed by atoms with Crippen molar-refractivity contribution in [2.75, 3.05) is 13.2 Å². The number of aryl methyl sites for hydroxylation is 2. The molecule has 190 valence electrons. The van der Waals surface area contributed by atoms with Gasteiger partial charge in [0, 0.05) is 11.8 Å². The second-order valence-corrected chi connectivity index (χ2v) is 9.03. The van der Waals surface area contributed by atoms with Gasteiger partial charge in [0.1, 0.15) is 12.4 Å². The van der Waals surface area contributed by atoms with E-state index >= 15 is 0 Å². The number of fused-ring (bicyclic) bond motifs is 3. The molecule has 2 aromatic carbocycles. The Hall–Kier alpha value is -4.33. The first-order valence-corrected chi connectivity index (χ1v) is 12.6. The molecule has 3 heterocycles. The summed E-state index contributed by atoms with van der Waals surface area (Å²) in [6.07, 6.45) is 2.95. The van der Waals surface area contributed by atoms with Gasteiger partial charge in [-0.05, 0) is 55.7 Å². The first-order chi connectivity index (χ1) is 18.0. The molecular weight excluding hydrogens is 466 g/mol. The van der Waals surface area contributed by atoms with Crippen LogP contribution in [0.4, 0.5) is 4.79 Å². The molecule has 1 aliphatic heterocycles. The maximum absolute atomic E-state index is 13.7. The zero-order valence-electron chi connectivity index (χ0n) is 21.3. The highest BCUT2D eigenvalue weighted by atomic mass is 16.5. The molecule has 0 saturated carbocycles. The number of hydrogen-bond donors (Lipinski definition) is 1. The summed E-state index contributed by atoms with van der Waals surface area (Å²) < 4.78 is 9.08. The molecule has 1 unspecified atom stereocenters. The van der Waals surface area contributed by atoms with Crippen LogP contribution in [0, 0.1) is 6.92 Å². The van der Waals surface area contributed by atoms with Crippen LogP contribution in [0.1, 0.15) is 48.0 Å². The van der Waals surface area contributed by atoms with Gasteiger partial charge in [-0.25, -0.2) is 9.48 Å². The Morgan fingerprint density at radius 3 is 2.49 bits per heavy atom. The fourth-order valence-electron chi connectivity index (χ4n) is 4.90. The molecular formula is C29H31N5O3. The maximum atomic E-state index is 13.7. The molecule has 0 spiro atoms. The van der Waals surface area contributed by atoms with Crippen LogP contribution in [0.25, 0.3) is 11.5 Å². The molecule has 2 amide bonds. The van der Waals surface area contributed by atoms with E-state index in [1.165, 1.54) is 5.56 Å². The van der Waals surface area contributed by atoms with Crippen molar-refractivity contribution in [3.63, 3.8) is 0 Å². The van der Waals surface area contributed by atoms with E-state index in [0.29, 0.717) is 6.54 Å². The molecule has 0 saturated heterocycles. The average molecular weight is 498 g/mol. The fraction of sp³-hybridized carbons (Fsp3) is 0.276. The quantitative estimate of drug-likeness (QED) is 0.391. The summed E-state index contributed by atoms with van der Waals surface area (Å²) in [5, 5.41) is 7.63. The standard InChI is InChI=1S/C29H31N5O3/c1-4-21-13-15-22(16-14-21)27-25-12-9-17-32(25)28-24(19-33(27)29(36)30-18-26(35)37-5-2)20(3)31-34(28)23-10-7-6-8-11-23/h6-17,27H,4-5,18-19H2,1-3H3,(H,30,36). The minimum Gasteiger partial charge on any atom is -0.465 e. The number of carbonyl (C=O) groups excluding carboxylic acids is 2. The van der Waals surface area contributed by atoms with Gasteiger partial charge in [0.25, 0.3) is 0 Å². The van der Waals surface area contributed by atoms with Crippen LogP contribution in [0.15, 0.2) is 72.9 Å². The number of para-hydroxylation sites is 1. The van der Waals surface area contributed by atoms with Crippen molar-refractivity contribution in [2.24, 2.45) is 0 Å². The van der Waals surface area contributed by atoms with Crippen LogP contribution in [0.3, 0.4) is 0 Å². The number of aromatic nitrogens is 3. The Bertz CT molecular complexity index is 1410. The molecule has 1 atom stereocenters. The molecule has 4 aromatic rings. The lowest BCUT2D eigenvalue weighted by atomic mass is 10.00. The van der Waals surface area contributed by atoms with Crippen molar-refractivity contribution >= 4 is 12.0 Å². The fourth-order valence-corrected chi connectivity index (χ4v) is 4.90. The van der Waals surface area contributed by atoms with E-state index in [2.05, 4.69) is 41.1 Å². The Morgan fingerprint density at radius 2 is 1.78 bits per heavy atom. The lowest BCUT2D eigenvalue weighted by Crippen LogP contribution is -2.44. The number of esters is 1. The molecule has 0 bridgehead atoms. The summed E-state index contributed by atoms with van der Waals surface area (Å²) in [5.74, 6) is 0.436. The highest BCUT2D eigenvalue weighted by Crippen LogP contribution is 2.38. The summed E-state index contributed by atoms with van der Waals surface area (Å²) in [6, 6.07) is 21.7. The predicted molar refractivity (Wildman–Crippen MR) is 141 cm³/mol. The Morgan fingerprint density at radius 1 is 1.03 bits per heavy atom.